The largest absolute Gasteiger partial charge is 0.496 e. The van der Waals surface area contributed by atoms with Crippen molar-refractivity contribution in [3.05, 3.63) is 29.8 Å². The zero-order valence-corrected chi connectivity index (χ0v) is 10.1. The number of methoxy groups -OCH3 is 1. The van der Waals surface area contributed by atoms with E-state index in [2.05, 4.69) is 5.32 Å². The average molecular weight is 259 g/mol. The Labute approximate surface area is 104 Å². The highest BCUT2D eigenvalue weighted by molar-refractivity contribution is 5.36. The molecule has 2 unspecified atom stereocenters. The third-order valence-electron chi connectivity index (χ3n) is 3.30. The van der Waals surface area contributed by atoms with Crippen molar-refractivity contribution in [2.24, 2.45) is 0 Å². The molecular weight excluding hydrogens is 243 g/mol. The van der Waals surface area contributed by atoms with Gasteiger partial charge in [0, 0.05) is 11.6 Å². The number of benzene rings is 1. The lowest BCUT2D eigenvalue weighted by Gasteiger charge is -2.33. The van der Waals surface area contributed by atoms with E-state index >= 15 is 0 Å². The van der Waals surface area contributed by atoms with Crippen LogP contribution in [0, 0.1) is 0 Å². The number of ether oxygens (including phenoxy) is 1. The normalized spacial score (nSPS) is 24.9. The monoisotopic (exact) mass is 259 g/mol. The lowest BCUT2D eigenvalue weighted by Crippen LogP contribution is -2.46. The molecule has 0 spiro atoms. The minimum absolute atomic E-state index is 0.148. The number of nitrogens with one attached hydrogen (secondary N) is 1. The van der Waals surface area contributed by atoms with Crippen LogP contribution in [0.5, 0.6) is 5.75 Å². The van der Waals surface area contributed by atoms with Crippen molar-refractivity contribution in [1.29, 1.82) is 0 Å². The molecule has 2 nitrogen and oxygen atoms in total. The molecule has 1 aliphatic rings. The SMILES string of the molecule is COc1ccccc1C1CCCC(C(F)(F)F)N1. The molecule has 1 saturated heterocycles. The van der Waals surface area contributed by atoms with Crippen LogP contribution in [0.1, 0.15) is 30.9 Å². The molecule has 0 aliphatic carbocycles. The zero-order chi connectivity index (χ0) is 13.2. The number of para-hydroxylation sites is 1. The summed E-state index contributed by atoms with van der Waals surface area (Å²) in [6.07, 6.45) is -2.76. The van der Waals surface area contributed by atoms with Gasteiger partial charge in [0.2, 0.25) is 0 Å². The molecule has 2 rings (SSSR count). The molecule has 1 aliphatic heterocycles. The molecule has 0 bridgehead atoms. The predicted molar refractivity (Wildman–Crippen MR) is 62.6 cm³/mol. The van der Waals surface area contributed by atoms with Crippen LogP contribution in [-0.2, 0) is 0 Å². The number of hydrogen-bond acceptors (Lipinski definition) is 2. The fraction of sp³-hybridized carbons (Fsp3) is 0.538. The summed E-state index contributed by atoms with van der Waals surface area (Å²) in [4.78, 5) is 0. The predicted octanol–water partition coefficient (Wildman–Crippen LogP) is 3.44. The first-order chi connectivity index (χ1) is 8.52. The van der Waals surface area contributed by atoms with E-state index < -0.39 is 12.2 Å². The maximum Gasteiger partial charge on any atom is 0.403 e. The van der Waals surface area contributed by atoms with Gasteiger partial charge in [-0.25, -0.2) is 0 Å². The summed E-state index contributed by atoms with van der Waals surface area (Å²) in [6.45, 7) is 0. The van der Waals surface area contributed by atoms with E-state index in [9.17, 15) is 13.2 Å². The lowest BCUT2D eigenvalue weighted by atomic mass is 9.92. The zero-order valence-electron chi connectivity index (χ0n) is 10.1. The number of rotatable bonds is 2. The van der Waals surface area contributed by atoms with Crippen LogP contribution in [0.25, 0.3) is 0 Å². The summed E-state index contributed by atoms with van der Waals surface area (Å²) in [5.74, 6) is 0.637. The molecule has 0 saturated carbocycles. The summed E-state index contributed by atoms with van der Waals surface area (Å²) >= 11 is 0. The Morgan fingerprint density at radius 2 is 1.94 bits per heavy atom. The second-order valence-electron chi connectivity index (χ2n) is 4.49. The first-order valence-corrected chi connectivity index (χ1v) is 5.98. The fourth-order valence-electron chi connectivity index (χ4n) is 2.39. The van der Waals surface area contributed by atoms with Gasteiger partial charge in [-0.2, -0.15) is 13.2 Å². The highest BCUT2D eigenvalue weighted by Crippen LogP contribution is 2.35. The molecule has 5 heteroatoms. The minimum Gasteiger partial charge on any atom is -0.496 e. The average Bonchev–Trinajstić information content (AvgIpc) is 2.38. The van der Waals surface area contributed by atoms with Crippen LogP contribution in [0.2, 0.25) is 0 Å². The molecule has 0 radical (unpaired) electrons. The third-order valence-corrected chi connectivity index (χ3v) is 3.30. The second kappa shape index (κ2) is 5.18. The molecular formula is C13H16F3NO. The van der Waals surface area contributed by atoms with E-state index in [-0.39, 0.29) is 12.5 Å². The van der Waals surface area contributed by atoms with Gasteiger partial charge in [-0.1, -0.05) is 18.2 Å². The van der Waals surface area contributed by atoms with Crippen LogP contribution in [0.15, 0.2) is 24.3 Å². The van der Waals surface area contributed by atoms with Crippen molar-refractivity contribution in [2.45, 2.75) is 37.5 Å². The number of hydrogen-bond donors (Lipinski definition) is 1. The number of piperidine rings is 1. The maximum absolute atomic E-state index is 12.7. The highest BCUT2D eigenvalue weighted by Gasteiger charge is 2.42. The Balaban J connectivity index is 2.18. The van der Waals surface area contributed by atoms with E-state index in [1.54, 1.807) is 6.07 Å². The van der Waals surface area contributed by atoms with Crippen molar-refractivity contribution in [1.82, 2.24) is 5.32 Å². The van der Waals surface area contributed by atoms with Crippen LogP contribution in [-0.4, -0.2) is 19.3 Å². The van der Waals surface area contributed by atoms with Crippen molar-refractivity contribution in [2.75, 3.05) is 7.11 Å². The second-order valence-corrected chi connectivity index (χ2v) is 4.49. The van der Waals surface area contributed by atoms with Gasteiger partial charge in [-0.15, -0.1) is 0 Å². The number of alkyl halides is 3. The van der Waals surface area contributed by atoms with E-state index in [0.717, 1.165) is 5.56 Å². The molecule has 1 N–H and O–H groups in total. The molecule has 1 aromatic carbocycles. The van der Waals surface area contributed by atoms with Gasteiger partial charge in [0.05, 0.1) is 7.11 Å². The first kappa shape index (κ1) is 13.2. The van der Waals surface area contributed by atoms with Crippen molar-refractivity contribution in [3.8, 4) is 5.75 Å². The minimum atomic E-state index is -4.18. The Morgan fingerprint density at radius 3 is 2.61 bits per heavy atom. The topological polar surface area (TPSA) is 21.3 Å². The Bertz CT molecular complexity index is 405. The summed E-state index contributed by atoms with van der Waals surface area (Å²) < 4.78 is 43.4. The summed E-state index contributed by atoms with van der Waals surface area (Å²) in [5.41, 5.74) is 0.800. The molecule has 0 aromatic heterocycles. The molecule has 100 valence electrons. The summed E-state index contributed by atoms with van der Waals surface area (Å²) in [7, 11) is 1.53. The molecule has 1 heterocycles. The Hall–Kier alpha value is -1.23. The summed E-state index contributed by atoms with van der Waals surface area (Å²) in [6, 6.07) is 5.51. The lowest BCUT2D eigenvalue weighted by molar-refractivity contribution is -0.163. The highest BCUT2D eigenvalue weighted by atomic mass is 19.4. The van der Waals surface area contributed by atoms with E-state index in [1.165, 1.54) is 7.11 Å². The first-order valence-electron chi connectivity index (χ1n) is 5.98. The van der Waals surface area contributed by atoms with Crippen LogP contribution in [0.3, 0.4) is 0 Å². The van der Waals surface area contributed by atoms with Gasteiger partial charge in [-0.05, 0) is 25.3 Å². The Morgan fingerprint density at radius 1 is 1.22 bits per heavy atom. The fourth-order valence-corrected chi connectivity index (χ4v) is 2.39. The van der Waals surface area contributed by atoms with E-state index in [0.29, 0.717) is 18.6 Å². The third kappa shape index (κ3) is 2.77. The number of halogens is 3. The van der Waals surface area contributed by atoms with Crippen LogP contribution < -0.4 is 10.1 Å². The molecule has 2 atom stereocenters. The molecule has 18 heavy (non-hydrogen) atoms. The van der Waals surface area contributed by atoms with Gasteiger partial charge < -0.3 is 4.74 Å². The van der Waals surface area contributed by atoms with Crippen molar-refractivity contribution in [3.63, 3.8) is 0 Å². The quantitative estimate of drug-likeness (QED) is 0.878. The summed E-state index contributed by atoms with van der Waals surface area (Å²) in [5, 5.41) is 2.68. The maximum atomic E-state index is 12.7. The standard InChI is InChI=1S/C13H16F3NO/c1-18-11-7-3-2-5-9(11)10-6-4-8-12(17-10)13(14,15)16/h2-3,5,7,10,12,17H,4,6,8H2,1H3. The van der Waals surface area contributed by atoms with Crippen molar-refractivity contribution >= 4 is 0 Å². The van der Waals surface area contributed by atoms with Gasteiger partial charge in [0.1, 0.15) is 11.8 Å². The molecule has 1 aromatic rings. The van der Waals surface area contributed by atoms with Gasteiger partial charge in [-0.3, -0.25) is 5.32 Å². The van der Waals surface area contributed by atoms with Gasteiger partial charge >= 0.3 is 6.18 Å². The smallest absolute Gasteiger partial charge is 0.403 e. The molecule has 0 amide bonds. The van der Waals surface area contributed by atoms with E-state index in [4.69, 9.17) is 4.74 Å². The van der Waals surface area contributed by atoms with Gasteiger partial charge in [0.15, 0.2) is 0 Å². The van der Waals surface area contributed by atoms with Crippen LogP contribution in [0.4, 0.5) is 13.2 Å². The van der Waals surface area contributed by atoms with Crippen molar-refractivity contribution < 1.29 is 17.9 Å². The van der Waals surface area contributed by atoms with Crippen LogP contribution >= 0.6 is 0 Å². The van der Waals surface area contributed by atoms with Gasteiger partial charge in [0.25, 0.3) is 0 Å². The van der Waals surface area contributed by atoms with E-state index in [1.807, 2.05) is 18.2 Å². The Kier molecular flexibility index (Phi) is 3.80. The molecule has 1 fully saturated rings.